The second kappa shape index (κ2) is 5.52. The summed E-state index contributed by atoms with van der Waals surface area (Å²) in [6.45, 7) is 2.17. The molecule has 2 N–H and O–H groups in total. The molecule has 2 rings (SSSR count). The maximum Gasteiger partial charge on any atom is 0.160 e. The Kier molecular flexibility index (Phi) is 4.04. The summed E-state index contributed by atoms with van der Waals surface area (Å²) >= 11 is 7.48. The number of hydrogen-bond acceptors (Lipinski definition) is 4. The lowest BCUT2D eigenvalue weighted by Gasteiger charge is -2.17. The van der Waals surface area contributed by atoms with Crippen LogP contribution in [0.5, 0.6) is 0 Å². The van der Waals surface area contributed by atoms with E-state index in [0.717, 1.165) is 29.6 Å². The molecule has 0 atom stereocenters. The first kappa shape index (κ1) is 11.7. The lowest BCUT2D eigenvalue weighted by Crippen LogP contribution is -2.24. The average molecular weight is 257 g/mol. The van der Waals surface area contributed by atoms with Gasteiger partial charge in [0.1, 0.15) is 5.15 Å². The zero-order chi connectivity index (χ0) is 11.4. The smallest absolute Gasteiger partial charge is 0.160 e. The number of halogens is 1. The first-order valence-electron chi connectivity index (χ1n) is 5.02. The Labute approximate surface area is 104 Å². The first-order valence-corrected chi connectivity index (χ1v) is 6.38. The van der Waals surface area contributed by atoms with Crippen molar-refractivity contribution in [2.75, 3.05) is 19.0 Å². The summed E-state index contributed by atoms with van der Waals surface area (Å²) in [5.74, 6) is 1.07. The van der Waals surface area contributed by atoms with Gasteiger partial charge in [-0.3, -0.25) is 0 Å². The van der Waals surface area contributed by atoms with Crippen LogP contribution in [0.25, 0.3) is 0 Å². The minimum absolute atomic E-state index is 0.345. The number of nitrogens with two attached hydrogens (primary N) is 1. The van der Waals surface area contributed by atoms with E-state index < -0.39 is 0 Å². The molecule has 0 radical (unpaired) electrons. The molecular formula is C10H13ClN4S. The Balaban J connectivity index is 2.04. The quantitative estimate of drug-likeness (QED) is 0.834. The van der Waals surface area contributed by atoms with Gasteiger partial charge in [-0.25, -0.2) is 9.98 Å². The highest BCUT2D eigenvalue weighted by Crippen LogP contribution is 2.20. The molecule has 0 spiro atoms. The van der Waals surface area contributed by atoms with Gasteiger partial charge >= 0.3 is 0 Å². The van der Waals surface area contributed by atoms with Crippen LogP contribution in [0.1, 0.15) is 5.56 Å². The molecule has 1 fully saturated rings. The van der Waals surface area contributed by atoms with E-state index in [2.05, 4.69) is 14.9 Å². The van der Waals surface area contributed by atoms with Gasteiger partial charge in [-0.05, 0) is 11.6 Å². The summed E-state index contributed by atoms with van der Waals surface area (Å²) in [7, 11) is 0. The van der Waals surface area contributed by atoms with Crippen molar-refractivity contribution in [3.63, 3.8) is 0 Å². The zero-order valence-electron chi connectivity index (χ0n) is 8.77. The monoisotopic (exact) mass is 256 g/mol. The molecule has 86 valence electrons. The molecule has 2 heterocycles. The summed E-state index contributed by atoms with van der Waals surface area (Å²) in [5, 5.41) is 1.55. The van der Waals surface area contributed by atoms with Gasteiger partial charge in [0.15, 0.2) is 5.17 Å². The van der Waals surface area contributed by atoms with Crippen molar-refractivity contribution in [3.05, 3.63) is 29.0 Å². The molecule has 6 heteroatoms. The molecular weight excluding hydrogens is 244 g/mol. The average Bonchev–Trinajstić information content (AvgIpc) is 2.70. The number of hydrogen-bond donors (Lipinski definition) is 1. The van der Waals surface area contributed by atoms with Crippen molar-refractivity contribution in [2.45, 2.75) is 6.54 Å². The number of aliphatic imine (C=N–C) groups is 1. The van der Waals surface area contributed by atoms with Gasteiger partial charge in [-0.15, -0.1) is 0 Å². The van der Waals surface area contributed by atoms with E-state index in [9.17, 15) is 0 Å². The molecule has 1 aliphatic rings. The van der Waals surface area contributed by atoms with Crippen LogP contribution in [0.4, 0.5) is 0 Å². The molecule has 0 aliphatic carbocycles. The molecule has 16 heavy (non-hydrogen) atoms. The fourth-order valence-corrected chi connectivity index (χ4v) is 2.64. The van der Waals surface area contributed by atoms with E-state index in [4.69, 9.17) is 17.3 Å². The number of amidine groups is 1. The molecule has 0 saturated carbocycles. The molecule has 0 bridgehead atoms. The summed E-state index contributed by atoms with van der Waals surface area (Å²) in [6, 6.07) is 3.79. The summed E-state index contributed by atoms with van der Waals surface area (Å²) < 4.78 is 0. The molecule has 1 aliphatic heterocycles. The van der Waals surface area contributed by atoms with Gasteiger partial charge in [-0.2, -0.15) is 0 Å². The number of nitrogens with zero attached hydrogens (tertiary/aromatic N) is 3. The Morgan fingerprint density at radius 2 is 2.44 bits per heavy atom. The Morgan fingerprint density at radius 3 is 3.12 bits per heavy atom. The number of pyridine rings is 1. The minimum Gasteiger partial charge on any atom is -0.346 e. The molecule has 0 amide bonds. The van der Waals surface area contributed by atoms with E-state index in [1.165, 1.54) is 0 Å². The second-order valence-electron chi connectivity index (χ2n) is 3.38. The van der Waals surface area contributed by atoms with Gasteiger partial charge in [0.05, 0.1) is 6.67 Å². The summed E-state index contributed by atoms with van der Waals surface area (Å²) in [5.41, 5.74) is 6.56. The van der Waals surface area contributed by atoms with E-state index in [1.807, 2.05) is 6.07 Å². The van der Waals surface area contributed by atoms with Crippen LogP contribution in [0.2, 0.25) is 5.15 Å². The number of rotatable bonds is 3. The fraction of sp³-hybridized carbons (Fsp3) is 0.400. The highest BCUT2D eigenvalue weighted by molar-refractivity contribution is 8.14. The van der Waals surface area contributed by atoms with Crippen LogP contribution < -0.4 is 5.73 Å². The van der Waals surface area contributed by atoms with E-state index in [1.54, 1.807) is 24.0 Å². The SMILES string of the molecule is NC/N=C1\SCCN1Cc1ccc(Cl)nc1. The van der Waals surface area contributed by atoms with Gasteiger partial charge in [0.2, 0.25) is 0 Å². The van der Waals surface area contributed by atoms with Gasteiger partial charge in [0.25, 0.3) is 0 Å². The predicted molar refractivity (Wildman–Crippen MR) is 68.6 cm³/mol. The van der Waals surface area contributed by atoms with Crippen molar-refractivity contribution in [1.82, 2.24) is 9.88 Å². The van der Waals surface area contributed by atoms with Crippen LogP contribution in [0.15, 0.2) is 23.3 Å². The molecule has 0 aromatic carbocycles. The predicted octanol–water partition coefficient (Wildman–Crippen LogP) is 1.56. The van der Waals surface area contributed by atoms with Crippen LogP contribution in [0, 0.1) is 0 Å². The second-order valence-corrected chi connectivity index (χ2v) is 4.83. The van der Waals surface area contributed by atoms with E-state index in [0.29, 0.717) is 11.8 Å². The lowest BCUT2D eigenvalue weighted by atomic mass is 10.3. The molecule has 0 unspecified atom stereocenters. The number of aromatic nitrogens is 1. The maximum absolute atomic E-state index is 5.74. The van der Waals surface area contributed by atoms with Crippen molar-refractivity contribution < 1.29 is 0 Å². The van der Waals surface area contributed by atoms with E-state index in [-0.39, 0.29) is 0 Å². The van der Waals surface area contributed by atoms with Gasteiger partial charge in [-0.1, -0.05) is 29.4 Å². The summed E-state index contributed by atoms with van der Waals surface area (Å²) in [6.07, 6.45) is 1.80. The Hall–Kier alpha value is -0.780. The van der Waals surface area contributed by atoms with Gasteiger partial charge < -0.3 is 10.6 Å². The van der Waals surface area contributed by atoms with Crippen molar-refractivity contribution in [3.8, 4) is 0 Å². The third-order valence-corrected chi connectivity index (χ3v) is 3.51. The normalized spacial score (nSPS) is 18.4. The topological polar surface area (TPSA) is 54.5 Å². The fourth-order valence-electron chi connectivity index (χ4n) is 1.52. The highest BCUT2D eigenvalue weighted by atomic mass is 35.5. The molecule has 1 aromatic rings. The van der Waals surface area contributed by atoms with Crippen LogP contribution >= 0.6 is 23.4 Å². The third kappa shape index (κ3) is 2.87. The minimum atomic E-state index is 0.345. The summed E-state index contributed by atoms with van der Waals surface area (Å²) in [4.78, 5) is 10.5. The molecule has 4 nitrogen and oxygen atoms in total. The van der Waals surface area contributed by atoms with E-state index >= 15 is 0 Å². The van der Waals surface area contributed by atoms with Crippen molar-refractivity contribution in [2.24, 2.45) is 10.7 Å². The highest BCUT2D eigenvalue weighted by Gasteiger charge is 2.18. The van der Waals surface area contributed by atoms with Gasteiger partial charge in [0, 0.05) is 25.0 Å². The Bertz CT molecular complexity index is 379. The lowest BCUT2D eigenvalue weighted by molar-refractivity contribution is 0.455. The van der Waals surface area contributed by atoms with Crippen molar-refractivity contribution >= 4 is 28.5 Å². The number of thioether (sulfide) groups is 1. The molecule has 1 saturated heterocycles. The van der Waals surface area contributed by atoms with Crippen LogP contribution in [0.3, 0.4) is 0 Å². The standard InChI is InChI=1S/C10H13ClN4S/c11-9-2-1-8(5-13-9)6-15-3-4-16-10(15)14-7-12/h1-2,5H,3-4,6-7,12H2/b14-10-. The van der Waals surface area contributed by atoms with Crippen LogP contribution in [-0.2, 0) is 6.54 Å². The largest absolute Gasteiger partial charge is 0.346 e. The first-order chi connectivity index (χ1) is 7.79. The zero-order valence-corrected chi connectivity index (χ0v) is 10.3. The van der Waals surface area contributed by atoms with Crippen molar-refractivity contribution in [1.29, 1.82) is 0 Å². The Morgan fingerprint density at radius 1 is 1.56 bits per heavy atom. The third-order valence-electron chi connectivity index (χ3n) is 2.25. The maximum atomic E-state index is 5.74. The molecule has 1 aromatic heterocycles. The van der Waals surface area contributed by atoms with Crippen LogP contribution in [-0.4, -0.2) is 34.0 Å².